The van der Waals surface area contributed by atoms with E-state index in [0.717, 1.165) is 16.7 Å². The van der Waals surface area contributed by atoms with E-state index in [1.54, 1.807) is 0 Å². The Hall–Kier alpha value is -1.14. The van der Waals surface area contributed by atoms with Crippen molar-refractivity contribution in [3.05, 3.63) is 28.8 Å². The van der Waals surface area contributed by atoms with Crippen LogP contribution in [0.4, 0.5) is 5.69 Å². The van der Waals surface area contributed by atoms with Crippen LogP contribution in [0.2, 0.25) is 0 Å². The largest absolute Gasteiger partial charge is 0.392 e. The Kier molecular flexibility index (Phi) is 4.11. The Balaban J connectivity index is 3.08. The number of nitrogens with two attached hydrogens (primary N) is 1. The minimum absolute atomic E-state index is 0.0417. The third-order valence-electron chi connectivity index (χ3n) is 2.27. The van der Waals surface area contributed by atoms with Gasteiger partial charge in [0.25, 0.3) is 0 Å². The lowest BCUT2D eigenvalue weighted by Gasteiger charge is -2.13. The van der Waals surface area contributed by atoms with Gasteiger partial charge in [-0.2, -0.15) is 0 Å². The lowest BCUT2D eigenvalue weighted by Crippen LogP contribution is -2.27. The van der Waals surface area contributed by atoms with Gasteiger partial charge in [-0.05, 0) is 31.9 Å². The van der Waals surface area contributed by atoms with Gasteiger partial charge in [-0.1, -0.05) is 29.9 Å². The van der Waals surface area contributed by atoms with E-state index >= 15 is 0 Å². The maximum atomic E-state index is 11.7. The molecule has 3 N–H and O–H groups in total. The average Bonchev–Trinajstić information content (AvgIpc) is 2.09. The van der Waals surface area contributed by atoms with Crippen LogP contribution in [-0.4, -0.2) is 19.2 Å². The Bertz CT molecular complexity index is 528. The number of rotatable bonds is 4. The second-order valence-electron chi connectivity index (χ2n) is 4.10. The topological polar surface area (TPSA) is 72.2 Å². The summed E-state index contributed by atoms with van der Waals surface area (Å²) in [4.78, 5) is -0.0417. The van der Waals surface area contributed by atoms with Gasteiger partial charge in [0.1, 0.15) is 5.75 Å². The Labute approximate surface area is 107 Å². The molecule has 6 heteroatoms. The number of hydrogen-bond acceptors (Lipinski definition) is 3. The maximum absolute atomic E-state index is 11.7. The first-order valence-electron chi connectivity index (χ1n) is 5.08. The summed E-state index contributed by atoms with van der Waals surface area (Å²) in [6.07, 6.45) is 0. The summed E-state index contributed by atoms with van der Waals surface area (Å²) in [7, 11) is -3.51. The zero-order valence-electron chi connectivity index (χ0n) is 10.1. The minimum atomic E-state index is -3.51. The first-order valence-corrected chi connectivity index (χ1v) is 7.14. The molecule has 0 spiro atoms. The lowest BCUT2D eigenvalue weighted by atomic mass is 10.1. The quantitative estimate of drug-likeness (QED) is 0.817. The third-order valence-corrected chi connectivity index (χ3v) is 3.80. The highest BCUT2D eigenvalue weighted by Gasteiger charge is 2.14. The number of thiocarbonyl (C=S) groups is 1. The minimum Gasteiger partial charge on any atom is -0.392 e. The predicted molar refractivity (Wildman–Crippen MR) is 74.8 cm³/mol. The standard InChI is InChI=1S/C11H16N2O2S2/c1-7-4-8(2)11(9(3)5-7)13-17(14,15)6-10(12)16/h4-5,13H,6H2,1-3H3,(H2,12,16). The van der Waals surface area contributed by atoms with Crippen LogP contribution in [0.25, 0.3) is 0 Å². The van der Waals surface area contributed by atoms with Crippen molar-refractivity contribution >= 4 is 32.9 Å². The van der Waals surface area contributed by atoms with Crippen LogP contribution in [0.15, 0.2) is 12.1 Å². The van der Waals surface area contributed by atoms with E-state index in [2.05, 4.69) is 16.9 Å². The van der Waals surface area contributed by atoms with Crippen LogP contribution in [0.1, 0.15) is 16.7 Å². The van der Waals surface area contributed by atoms with Crippen molar-refractivity contribution in [3.63, 3.8) is 0 Å². The van der Waals surface area contributed by atoms with Gasteiger partial charge in [-0.25, -0.2) is 8.42 Å². The van der Waals surface area contributed by atoms with Crippen molar-refractivity contribution in [3.8, 4) is 0 Å². The second-order valence-corrected chi connectivity index (χ2v) is 6.35. The molecular weight excluding hydrogens is 256 g/mol. The van der Waals surface area contributed by atoms with Crippen molar-refractivity contribution in [2.24, 2.45) is 5.73 Å². The number of hydrogen-bond donors (Lipinski definition) is 2. The van der Waals surface area contributed by atoms with E-state index in [-0.39, 0.29) is 10.7 Å². The van der Waals surface area contributed by atoms with Gasteiger partial charge >= 0.3 is 0 Å². The van der Waals surface area contributed by atoms with E-state index in [9.17, 15) is 8.42 Å². The van der Waals surface area contributed by atoms with E-state index in [1.165, 1.54) is 0 Å². The molecule has 0 heterocycles. The van der Waals surface area contributed by atoms with E-state index in [4.69, 9.17) is 5.73 Å². The van der Waals surface area contributed by atoms with Crippen LogP contribution < -0.4 is 10.5 Å². The van der Waals surface area contributed by atoms with Gasteiger partial charge in [-0.15, -0.1) is 0 Å². The van der Waals surface area contributed by atoms with Crippen molar-refractivity contribution in [1.82, 2.24) is 0 Å². The van der Waals surface area contributed by atoms with Gasteiger partial charge in [0, 0.05) is 0 Å². The fraction of sp³-hybridized carbons (Fsp3) is 0.364. The summed E-state index contributed by atoms with van der Waals surface area (Å²) in [6.45, 7) is 5.69. The van der Waals surface area contributed by atoms with Crippen LogP contribution in [0.3, 0.4) is 0 Å². The molecule has 1 rings (SSSR count). The first-order chi connectivity index (χ1) is 7.71. The van der Waals surface area contributed by atoms with Crippen LogP contribution in [0.5, 0.6) is 0 Å². The van der Waals surface area contributed by atoms with Crippen LogP contribution in [0, 0.1) is 20.8 Å². The molecule has 0 saturated heterocycles. The highest BCUT2D eigenvalue weighted by molar-refractivity contribution is 7.95. The van der Waals surface area contributed by atoms with Gasteiger partial charge in [0.15, 0.2) is 0 Å². The van der Waals surface area contributed by atoms with Gasteiger partial charge < -0.3 is 5.73 Å². The average molecular weight is 272 g/mol. The summed E-state index contributed by atoms with van der Waals surface area (Å²) in [6, 6.07) is 3.84. The summed E-state index contributed by atoms with van der Waals surface area (Å²) in [5.41, 5.74) is 8.71. The highest BCUT2D eigenvalue weighted by atomic mass is 32.2. The second kappa shape index (κ2) is 5.01. The van der Waals surface area contributed by atoms with Crippen LogP contribution >= 0.6 is 12.2 Å². The van der Waals surface area contributed by atoms with Crippen molar-refractivity contribution in [1.29, 1.82) is 0 Å². The van der Waals surface area contributed by atoms with Crippen molar-refractivity contribution in [2.75, 3.05) is 10.5 Å². The molecule has 0 fully saturated rings. The molecule has 0 aromatic heterocycles. The lowest BCUT2D eigenvalue weighted by molar-refractivity contribution is 0.605. The van der Waals surface area contributed by atoms with Crippen molar-refractivity contribution < 1.29 is 8.42 Å². The molecule has 0 unspecified atom stereocenters. The zero-order chi connectivity index (χ0) is 13.2. The molecule has 0 aliphatic carbocycles. The maximum Gasteiger partial charge on any atom is 0.239 e. The summed E-state index contributed by atoms with van der Waals surface area (Å²) >= 11 is 4.60. The molecule has 0 aliphatic rings. The van der Waals surface area contributed by atoms with Gasteiger partial charge in [0.05, 0.1) is 10.7 Å². The molecule has 4 nitrogen and oxygen atoms in total. The van der Waals surface area contributed by atoms with Crippen molar-refractivity contribution in [2.45, 2.75) is 20.8 Å². The number of benzene rings is 1. The molecule has 0 radical (unpaired) electrons. The predicted octanol–water partition coefficient (Wildman–Crippen LogP) is 1.64. The molecule has 1 aromatic rings. The Morgan fingerprint density at radius 2 is 1.76 bits per heavy atom. The van der Waals surface area contributed by atoms with Gasteiger partial charge in [0.2, 0.25) is 10.0 Å². The number of nitrogens with one attached hydrogen (secondary N) is 1. The molecule has 94 valence electrons. The SMILES string of the molecule is Cc1cc(C)c(NS(=O)(=O)CC(N)=S)c(C)c1. The number of sulfonamides is 1. The highest BCUT2D eigenvalue weighted by Crippen LogP contribution is 2.22. The third kappa shape index (κ3) is 3.98. The number of aryl methyl sites for hydroxylation is 3. The zero-order valence-corrected chi connectivity index (χ0v) is 11.7. The van der Waals surface area contributed by atoms with Gasteiger partial charge in [-0.3, -0.25) is 4.72 Å². The summed E-state index contributed by atoms with van der Waals surface area (Å²) in [5, 5.41) is 0. The number of anilines is 1. The molecule has 0 saturated carbocycles. The Morgan fingerprint density at radius 3 is 2.18 bits per heavy atom. The van der Waals surface area contributed by atoms with E-state index in [0.29, 0.717) is 5.69 Å². The first kappa shape index (κ1) is 13.9. The van der Waals surface area contributed by atoms with Crippen LogP contribution in [-0.2, 0) is 10.0 Å². The normalized spacial score (nSPS) is 11.2. The molecule has 17 heavy (non-hydrogen) atoms. The molecule has 0 amide bonds. The molecule has 0 bridgehead atoms. The monoisotopic (exact) mass is 272 g/mol. The molecule has 0 atom stereocenters. The Morgan fingerprint density at radius 1 is 1.29 bits per heavy atom. The smallest absolute Gasteiger partial charge is 0.239 e. The fourth-order valence-corrected chi connectivity index (χ4v) is 3.27. The summed E-state index contributed by atoms with van der Waals surface area (Å²) in [5.74, 6) is -0.338. The van der Waals surface area contributed by atoms with E-state index < -0.39 is 10.0 Å². The fourth-order valence-electron chi connectivity index (χ4n) is 1.72. The van der Waals surface area contributed by atoms with E-state index in [1.807, 2.05) is 32.9 Å². The molecular formula is C11H16N2O2S2. The molecule has 0 aliphatic heterocycles. The summed E-state index contributed by atoms with van der Waals surface area (Å²) < 4.78 is 26.0. The molecule has 1 aromatic carbocycles.